The van der Waals surface area contributed by atoms with Crippen molar-refractivity contribution in [3.63, 3.8) is 0 Å². The van der Waals surface area contributed by atoms with Crippen molar-refractivity contribution in [2.24, 2.45) is 0 Å². The van der Waals surface area contributed by atoms with Crippen LogP contribution in [0.4, 0.5) is 0 Å². The fourth-order valence-electron chi connectivity index (χ4n) is 9.21. The number of ether oxygens (including phenoxy) is 3. The van der Waals surface area contributed by atoms with Gasteiger partial charge in [0.2, 0.25) is 0 Å². The Bertz CT molecular complexity index is 1040. The van der Waals surface area contributed by atoms with Gasteiger partial charge in [-0.25, -0.2) is 0 Å². The molecule has 0 radical (unpaired) electrons. The predicted octanol–water partition coefficient (Wildman–Crippen LogP) is 20.1. The fourth-order valence-corrected chi connectivity index (χ4v) is 9.21. The molecule has 6 heteroatoms. The first-order chi connectivity index (χ1) is 33.0. The maximum absolute atomic E-state index is 12.8. The van der Waals surface area contributed by atoms with E-state index in [0.29, 0.717) is 19.3 Å². The lowest BCUT2D eigenvalue weighted by atomic mass is 10.0. The van der Waals surface area contributed by atoms with E-state index in [0.717, 1.165) is 57.8 Å². The van der Waals surface area contributed by atoms with Crippen LogP contribution in [0.15, 0.2) is 12.2 Å². The zero-order valence-electron chi connectivity index (χ0n) is 45.5. The lowest BCUT2D eigenvalue weighted by Crippen LogP contribution is -2.30. The molecule has 6 nitrogen and oxygen atoms in total. The molecule has 1 atom stereocenters. The topological polar surface area (TPSA) is 78.9 Å². The molecule has 396 valence electrons. The van der Waals surface area contributed by atoms with Gasteiger partial charge in [0.15, 0.2) is 6.10 Å². The summed E-state index contributed by atoms with van der Waals surface area (Å²) in [5, 5.41) is 0. The van der Waals surface area contributed by atoms with Gasteiger partial charge >= 0.3 is 17.9 Å². The highest BCUT2D eigenvalue weighted by Crippen LogP contribution is 2.17. The third-order valence-electron chi connectivity index (χ3n) is 13.8. The fraction of sp³-hybridized carbons (Fsp3) is 0.918. The maximum Gasteiger partial charge on any atom is 0.306 e. The van der Waals surface area contributed by atoms with Gasteiger partial charge in [-0.3, -0.25) is 14.4 Å². The molecule has 0 N–H and O–H groups in total. The summed E-state index contributed by atoms with van der Waals surface area (Å²) < 4.78 is 16.8. The van der Waals surface area contributed by atoms with E-state index in [9.17, 15) is 14.4 Å². The minimum atomic E-state index is -0.761. The van der Waals surface area contributed by atoms with Crippen LogP contribution in [0, 0.1) is 0 Å². The molecule has 0 aliphatic carbocycles. The number of unbranched alkanes of at least 4 members (excludes halogenated alkanes) is 43. The SMILES string of the molecule is CCCCCCCCCC/C=C\CCCCCCCCCCCCCCCCCCCC(=O)OCC(COC(=O)CCCCCCCCCCCC)OC(=O)CCCCCCCCCCCC. The van der Waals surface area contributed by atoms with Crippen LogP contribution < -0.4 is 0 Å². The number of carbonyl (C=O) groups is 3. The van der Waals surface area contributed by atoms with Gasteiger partial charge in [-0.15, -0.1) is 0 Å². The second-order valence-corrected chi connectivity index (χ2v) is 20.6. The van der Waals surface area contributed by atoms with Gasteiger partial charge in [0.05, 0.1) is 0 Å². The van der Waals surface area contributed by atoms with E-state index in [1.807, 2.05) is 0 Å². The van der Waals surface area contributed by atoms with Gasteiger partial charge in [0, 0.05) is 19.3 Å². The van der Waals surface area contributed by atoms with Crippen molar-refractivity contribution in [3.8, 4) is 0 Å². The molecule has 0 aliphatic heterocycles. The minimum Gasteiger partial charge on any atom is -0.462 e. The zero-order chi connectivity index (χ0) is 48.6. The third-order valence-corrected chi connectivity index (χ3v) is 13.8. The predicted molar refractivity (Wildman–Crippen MR) is 289 cm³/mol. The molecule has 0 saturated carbocycles. The van der Waals surface area contributed by atoms with E-state index >= 15 is 0 Å². The van der Waals surface area contributed by atoms with Gasteiger partial charge in [-0.2, -0.15) is 0 Å². The lowest BCUT2D eigenvalue weighted by molar-refractivity contribution is -0.167. The summed E-state index contributed by atoms with van der Waals surface area (Å²) in [6, 6.07) is 0. The minimum absolute atomic E-state index is 0.0636. The average molecular weight is 946 g/mol. The second-order valence-electron chi connectivity index (χ2n) is 20.6. The van der Waals surface area contributed by atoms with Crippen molar-refractivity contribution in [3.05, 3.63) is 12.2 Å². The van der Waals surface area contributed by atoms with Crippen LogP contribution in [0.5, 0.6) is 0 Å². The highest BCUT2D eigenvalue weighted by molar-refractivity contribution is 5.71. The Morgan fingerprint density at radius 1 is 0.284 bits per heavy atom. The molecule has 1 unspecified atom stereocenters. The van der Waals surface area contributed by atoms with E-state index in [-0.39, 0.29) is 31.1 Å². The molecule has 0 aliphatic rings. The summed E-state index contributed by atoms with van der Waals surface area (Å²) in [4.78, 5) is 37.9. The number of esters is 3. The van der Waals surface area contributed by atoms with Crippen LogP contribution in [0.1, 0.15) is 342 Å². The number of carbonyl (C=O) groups excluding carboxylic acids is 3. The van der Waals surface area contributed by atoms with Crippen LogP contribution in [-0.2, 0) is 28.6 Å². The molecule has 0 aromatic heterocycles. The Morgan fingerprint density at radius 3 is 0.746 bits per heavy atom. The molecule has 67 heavy (non-hydrogen) atoms. The van der Waals surface area contributed by atoms with Crippen molar-refractivity contribution in [1.82, 2.24) is 0 Å². The Labute approximate surface area is 418 Å². The molecule has 0 aromatic rings. The van der Waals surface area contributed by atoms with Crippen molar-refractivity contribution in [2.45, 2.75) is 348 Å². The normalized spacial score (nSPS) is 12.0. The Kier molecular flexibility index (Phi) is 55.2. The summed E-state index contributed by atoms with van der Waals surface area (Å²) in [6.07, 6.45) is 65.3. The maximum atomic E-state index is 12.8. The molecule has 0 amide bonds. The molecule has 0 saturated heterocycles. The third kappa shape index (κ3) is 55.0. The first-order valence-corrected chi connectivity index (χ1v) is 30.2. The van der Waals surface area contributed by atoms with Gasteiger partial charge in [0.1, 0.15) is 13.2 Å². The molecular weight excluding hydrogens is 829 g/mol. The summed E-state index contributed by atoms with van der Waals surface area (Å²) in [5.41, 5.74) is 0. The number of allylic oxidation sites excluding steroid dienone is 2. The monoisotopic (exact) mass is 945 g/mol. The van der Waals surface area contributed by atoms with Gasteiger partial charge < -0.3 is 14.2 Å². The summed E-state index contributed by atoms with van der Waals surface area (Å²) in [5.74, 6) is -0.845. The molecule has 0 heterocycles. The lowest BCUT2D eigenvalue weighted by Gasteiger charge is -2.18. The molecule has 0 fully saturated rings. The van der Waals surface area contributed by atoms with E-state index in [2.05, 4.69) is 32.9 Å². The van der Waals surface area contributed by atoms with E-state index in [4.69, 9.17) is 14.2 Å². The zero-order valence-corrected chi connectivity index (χ0v) is 45.5. The van der Waals surface area contributed by atoms with Crippen LogP contribution >= 0.6 is 0 Å². The van der Waals surface area contributed by atoms with Crippen LogP contribution in [0.3, 0.4) is 0 Å². The standard InChI is InChI=1S/C61H116O6/c1-4-7-10-13-16-19-22-23-24-25-26-27-28-29-30-31-32-33-34-35-36-37-38-39-40-43-45-48-51-54-60(63)66-57-58(67-61(64)55-52-49-46-42-21-18-15-12-9-6-3)56-65-59(62)53-50-47-44-41-20-17-14-11-8-5-2/h25-26,58H,4-24,27-57H2,1-3H3/b26-25-. The molecule has 0 rings (SSSR count). The first kappa shape index (κ1) is 65.1. The van der Waals surface area contributed by atoms with Crippen LogP contribution in [0.2, 0.25) is 0 Å². The van der Waals surface area contributed by atoms with Gasteiger partial charge in [-0.1, -0.05) is 290 Å². The molecule has 0 aromatic carbocycles. The Balaban J connectivity index is 4.00. The number of rotatable bonds is 56. The quantitative estimate of drug-likeness (QED) is 0.0262. The average Bonchev–Trinajstić information content (AvgIpc) is 3.33. The number of hydrogen-bond acceptors (Lipinski definition) is 6. The van der Waals surface area contributed by atoms with Crippen LogP contribution in [0.25, 0.3) is 0 Å². The van der Waals surface area contributed by atoms with Crippen molar-refractivity contribution in [2.75, 3.05) is 13.2 Å². The highest BCUT2D eigenvalue weighted by Gasteiger charge is 2.19. The van der Waals surface area contributed by atoms with Crippen molar-refractivity contribution >= 4 is 17.9 Å². The smallest absolute Gasteiger partial charge is 0.306 e. The summed E-state index contributed by atoms with van der Waals surface area (Å²) >= 11 is 0. The largest absolute Gasteiger partial charge is 0.462 e. The first-order valence-electron chi connectivity index (χ1n) is 30.2. The van der Waals surface area contributed by atoms with E-state index in [1.165, 1.54) is 244 Å². The van der Waals surface area contributed by atoms with E-state index < -0.39 is 6.10 Å². The van der Waals surface area contributed by atoms with Crippen molar-refractivity contribution in [1.29, 1.82) is 0 Å². The Hall–Kier alpha value is -1.85. The summed E-state index contributed by atoms with van der Waals surface area (Å²) in [6.45, 7) is 6.66. The second kappa shape index (κ2) is 56.7. The molecule has 0 spiro atoms. The van der Waals surface area contributed by atoms with Crippen molar-refractivity contribution < 1.29 is 28.6 Å². The van der Waals surface area contributed by atoms with Gasteiger partial charge in [-0.05, 0) is 44.9 Å². The summed E-state index contributed by atoms with van der Waals surface area (Å²) in [7, 11) is 0. The highest BCUT2D eigenvalue weighted by atomic mass is 16.6. The molecule has 0 bridgehead atoms. The Morgan fingerprint density at radius 2 is 0.493 bits per heavy atom. The van der Waals surface area contributed by atoms with Gasteiger partial charge in [0.25, 0.3) is 0 Å². The number of hydrogen-bond donors (Lipinski definition) is 0. The van der Waals surface area contributed by atoms with E-state index in [1.54, 1.807) is 0 Å². The van der Waals surface area contributed by atoms with Crippen LogP contribution in [-0.4, -0.2) is 37.2 Å². The molecular formula is C61H116O6.